The van der Waals surface area contributed by atoms with Crippen molar-refractivity contribution in [1.82, 2.24) is 5.32 Å². The van der Waals surface area contributed by atoms with Crippen molar-refractivity contribution in [3.63, 3.8) is 0 Å². The Morgan fingerprint density at radius 2 is 2.00 bits per heavy atom. The van der Waals surface area contributed by atoms with E-state index in [1.54, 1.807) is 24.3 Å². The van der Waals surface area contributed by atoms with Gasteiger partial charge in [0.15, 0.2) is 11.5 Å². The molecule has 0 saturated heterocycles. The first-order valence-electron chi connectivity index (χ1n) is 6.45. The van der Waals surface area contributed by atoms with Crippen LogP contribution < -0.4 is 10.1 Å². The van der Waals surface area contributed by atoms with Crippen LogP contribution in [0.3, 0.4) is 0 Å². The van der Waals surface area contributed by atoms with Crippen molar-refractivity contribution in [2.45, 2.75) is 19.5 Å². The molecule has 106 valence electrons. The van der Waals surface area contributed by atoms with Crippen LogP contribution in [0.4, 0.5) is 4.39 Å². The highest BCUT2D eigenvalue weighted by Crippen LogP contribution is 2.28. The van der Waals surface area contributed by atoms with Gasteiger partial charge in [0.25, 0.3) is 0 Å². The van der Waals surface area contributed by atoms with Crippen LogP contribution in [0.2, 0.25) is 0 Å². The Kier molecular flexibility index (Phi) is 4.58. The van der Waals surface area contributed by atoms with Gasteiger partial charge in [-0.3, -0.25) is 0 Å². The van der Waals surface area contributed by atoms with Gasteiger partial charge in [0.2, 0.25) is 0 Å². The van der Waals surface area contributed by atoms with Crippen molar-refractivity contribution in [1.29, 1.82) is 0 Å². The first-order chi connectivity index (χ1) is 9.61. The molecular weight excluding hydrogens is 257 g/mol. The summed E-state index contributed by atoms with van der Waals surface area (Å²) in [5.74, 6) is 0.329. The van der Waals surface area contributed by atoms with Gasteiger partial charge >= 0.3 is 0 Å². The molecule has 4 heteroatoms. The summed E-state index contributed by atoms with van der Waals surface area (Å²) >= 11 is 0. The smallest absolute Gasteiger partial charge is 0.160 e. The second-order valence-corrected chi connectivity index (χ2v) is 4.63. The Balaban J connectivity index is 2.05. The van der Waals surface area contributed by atoms with Crippen LogP contribution in [0.1, 0.15) is 24.1 Å². The van der Waals surface area contributed by atoms with Crippen LogP contribution in [-0.2, 0) is 6.54 Å². The molecule has 0 aromatic heterocycles. The number of nitrogens with one attached hydrogen (secondary N) is 1. The van der Waals surface area contributed by atoms with Crippen LogP contribution in [-0.4, -0.2) is 12.2 Å². The van der Waals surface area contributed by atoms with E-state index >= 15 is 0 Å². The average molecular weight is 275 g/mol. The number of ether oxygens (including phenoxy) is 1. The minimum absolute atomic E-state index is 0.0177. The van der Waals surface area contributed by atoms with Crippen molar-refractivity contribution in [2.24, 2.45) is 0 Å². The van der Waals surface area contributed by atoms with Gasteiger partial charge in [0, 0.05) is 18.2 Å². The lowest BCUT2D eigenvalue weighted by atomic mass is 10.1. The van der Waals surface area contributed by atoms with Gasteiger partial charge in [-0.1, -0.05) is 24.3 Å². The number of aromatic hydroxyl groups is 1. The molecule has 1 unspecified atom stereocenters. The standard InChI is InChI=1S/C16H18FNO2/c1-11(12-7-8-15(19)16(9-12)20-2)18-10-13-5-3-4-6-14(13)17/h3-9,11,18-19H,10H2,1-2H3. The lowest BCUT2D eigenvalue weighted by Gasteiger charge is -2.16. The number of methoxy groups -OCH3 is 1. The summed E-state index contributed by atoms with van der Waals surface area (Å²) in [5.41, 5.74) is 1.60. The molecule has 2 aromatic carbocycles. The summed E-state index contributed by atoms with van der Waals surface area (Å²) in [6, 6.07) is 11.9. The van der Waals surface area contributed by atoms with E-state index < -0.39 is 0 Å². The highest BCUT2D eigenvalue weighted by atomic mass is 19.1. The molecule has 2 aromatic rings. The summed E-state index contributed by atoms with van der Waals surface area (Å²) in [6.07, 6.45) is 0. The molecule has 0 aliphatic carbocycles. The molecule has 3 nitrogen and oxygen atoms in total. The monoisotopic (exact) mass is 275 g/mol. The molecule has 2 N–H and O–H groups in total. The van der Waals surface area contributed by atoms with Crippen molar-refractivity contribution in [3.05, 3.63) is 59.4 Å². The zero-order valence-electron chi connectivity index (χ0n) is 11.6. The van der Waals surface area contributed by atoms with Gasteiger partial charge in [0.05, 0.1) is 7.11 Å². The molecule has 0 amide bonds. The first-order valence-corrected chi connectivity index (χ1v) is 6.45. The second kappa shape index (κ2) is 6.39. The fourth-order valence-corrected chi connectivity index (χ4v) is 1.99. The Bertz CT molecular complexity index is 586. The molecule has 0 aliphatic rings. The molecule has 2 rings (SSSR count). The predicted octanol–water partition coefficient (Wildman–Crippen LogP) is 3.39. The quantitative estimate of drug-likeness (QED) is 0.879. The number of hydrogen-bond donors (Lipinski definition) is 2. The van der Waals surface area contributed by atoms with E-state index in [0.717, 1.165) is 5.56 Å². The lowest BCUT2D eigenvalue weighted by molar-refractivity contribution is 0.372. The Labute approximate surface area is 118 Å². The zero-order chi connectivity index (χ0) is 14.5. The third-order valence-electron chi connectivity index (χ3n) is 3.26. The van der Waals surface area contributed by atoms with E-state index in [1.807, 2.05) is 19.1 Å². The first kappa shape index (κ1) is 14.3. The maximum atomic E-state index is 13.5. The predicted molar refractivity (Wildman–Crippen MR) is 76.3 cm³/mol. The summed E-state index contributed by atoms with van der Waals surface area (Å²) in [6.45, 7) is 2.42. The molecule has 0 bridgehead atoms. The summed E-state index contributed by atoms with van der Waals surface area (Å²) in [4.78, 5) is 0. The van der Waals surface area contributed by atoms with E-state index in [1.165, 1.54) is 13.2 Å². The van der Waals surface area contributed by atoms with Crippen LogP contribution in [0.5, 0.6) is 11.5 Å². The molecule has 0 radical (unpaired) electrons. The molecular formula is C16H18FNO2. The van der Waals surface area contributed by atoms with Crippen LogP contribution in [0.15, 0.2) is 42.5 Å². The van der Waals surface area contributed by atoms with Gasteiger partial charge < -0.3 is 15.2 Å². The van der Waals surface area contributed by atoms with Crippen LogP contribution in [0, 0.1) is 5.82 Å². The van der Waals surface area contributed by atoms with Crippen LogP contribution in [0.25, 0.3) is 0 Å². The fourth-order valence-electron chi connectivity index (χ4n) is 1.99. The SMILES string of the molecule is COc1cc(C(C)NCc2ccccc2F)ccc1O. The largest absolute Gasteiger partial charge is 0.504 e. The minimum atomic E-state index is -0.213. The van der Waals surface area contributed by atoms with Crippen LogP contribution >= 0.6 is 0 Å². The summed E-state index contributed by atoms with van der Waals surface area (Å²) < 4.78 is 18.6. The van der Waals surface area contributed by atoms with E-state index in [9.17, 15) is 9.50 Å². The molecule has 0 fully saturated rings. The normalized spacial score (nSPS) is 12.2. The Morgan fingerprint density at radius 1 is 1.25 bits per heavy atom. The molecule has 0 aliphatic heterocycles. The number of rotatable bonds is 5. The molecule has 0 spiro atoms. The van der Waals surface area contributed by atoms with Crippen molar-refractivity contribution in [2.75, 3.05) is 7.11 Å². The number of benzene rings is 2. The maximum Gasteiger partial charge on any atom is 0.160 e. The fraction of sp³-hybridized carbons (Fsp3) is 0.250. The summed E-state index contributed by atoms with van der Waals surface area (Å²) in [5, 5.41) is 12.8. The van der Waals surface area contributed by atoms with Gasteiger partial charge in [-0.15, -0.1) is 0 Å². The molecule has 1 atom stereocenters. The van der Waals surface area contributed by atoms with Crippen molar-refractivity contribution < 1.29 is 14.2 Å². The Morgan fingerprint density at radius 3 is 2.70 bits per heavy atom. The number of halogens is 1. The van der Waals surface area contributed by atoms with E-state index in [-0.39, 0.29) is 17.6 Å². The third-order valence-corrected chi connectivity index (χ3v) is 3.26. The van der Waals surface area contributed by atoms with Gasteiger partial charge in [0.1, 0.15) is 5.82 Å². The van der Waals surface area contributed by atoms with Gasteiger partial charge in [-0.2, -0.15) is 0 Å². The highest BCUT2D eigenvalue weighted by molar-refractivity contribution is 5.42. The minimum Gasteiger partial charge on any atom is -0.504 e. The topological polar surface area (TPSA) is 41.5 Å². The van der Waals surface area contributed by atoms with Gasteiger partial charge in [-0.05, 0) is 30.7 Å². The second-order valence-electron chi connectivity index (χ2n) is 4.63. The average Bonchev–Trinajstić information content (AvgIpc) is 2.46. The molecule has 0 saturated carbocycles. The van der Waals surface area contributed by atoms with Gasteiger partial charge in [-0.25, -0.2) is 4.39 Å². The van der Waals surface area contributed by atoms with E-state index in [0.29, 0.717) is 17.9 Å². The lowest BCUT2D eigenvalue weighted by Crippen LogP contribution is -2.18. The maximum absolute atomic E-state index is 13.5. The van der Waals surface area contributed by atoms with E-state index in [2.05, 4.69) is 5.32 Å². The third kappa shape index (κ3) is 3.27. The number of phenolic OH excluding ortho intramolecular Hbond substituents is 1. The zero-order valence-corrected chi connectivity index (χ0v) is 11.6. The van der Waals surface area contributed by atoms with Crippen molar-refractivity contribution >= 4 is 0 Å². The number of phenols is 1. The molecule has 20 heavy (non-hydrogen) atoms. The highest BCUT2D eigenvalue weighted by Gasteiger charge is 2.10. The van der Waals surface area contributed by atoms with E-state index in [4.69, 9.17) is 4.74 Å². The molecule has 0 heterocycles. The number of hydrogen-bond acceptors (Lipinski definition) is 3. The van der Waals surface area contributed by atoms with Crippen molar-refractivity contribution in [3.8, 4) is 11.5 Å². The summed E-state index contributed by atoms with van der Waals surface area (Å²) in [7, 11) is 1.51. The Hall–Kier alpha value is -2.07.